The molecule has 5 atom stereocenters. The van der Waals surface area contributed by atoms with Crippen LogP contribution in [-0.4, -0.2) is 95.9 Å². The number of unbranched alkanes of at least 4 members (excludes halogenated alkanes) is 26. The van der Waals surface area contributed by atoms with Crippen LogP contribution in [0.1, 0.15) is 303 Å². The lowest BCUT2D eigenvalue weighted by molar-refractivity contribution is -0.161. The van der Waals surface area contributed by atoms with Crippen molar-refractivity contribution in [2.24, 2.45) is 0 Å². The Morgan fingerprint density at radius 2 is 0.525 bits per heavy atom. The first kappa shape index (κ1) is 96.4. The number of phosphoric acid groups is 2. The fourth-order valence-electron chi connectivity index (χ4n) is 10.1. The van der Waals surface area contributed by atoms with Crippen LogP contribution in [0.3, 0.4) is 0 Å². The van der Waals surface area contributed by atoms with Crippen LogP contribution in [0, 0.1) is 0 Å². The maximum Gasteiger partial charge on any atom is 0.472 e. The monoisotopic (exact) mass is 1450 g/mol. The third kappa shape index (κ3) is 76.4. The van der Waals surface area contributed by atoms with Crippen molar-refractivity contribution in [1.82, 2.24) is 0 Å². The Morgan fingerprint density at radius 3 is 0.832 bits per heavy atom. The van der Waals surface area contributed by atoms with Crippen LogP contribution in [0.15, 0.2) is 146 Å². The van der Waals surface area contributed by atoms with Gasteiger partial charge in [-0.15, -0.1) is 0 Å². The van der Waals surface area contributed by atoms with Crippen molar-refractivity contribution in [3.8, 4) is 0 Å². The Kier molecular flexibility index (Phi) is 71.7. The molecule has 0 aliphatic rings. The molecule has 0 heterocycles. The minimum atomic E-state index is -4.94. The molecule has 0 rings (SSSR count). The second kappa shape index (κ2) is 75.1. The highest BCUT2D eigenvalue weighted by atomic mass is 31.2. The van der Waals surface area contributed by atoms with E-state index in [0.29, 0.717) is 19.3 Å². The van der Waals surface area contributed by atoms with Crippen molar-refractivity contribution in [1.29, 1.82) is 0 Å². The minimum Gasteiger partial charge on any atom is -0.463 e. The molecular weight excluding hydrogens is 1310 g/mol. The molecule has 0 aliphatic carbocycles. The third-order valence-corrected chi connectivity index (χ3v) is 17.9. The molecule has 18 heteroatoms. The van der Waals surface area contributed by atoms with E-state index in [0.717, 1.165) is 161 Å². The van der Waals surface area contributed by atoms with Gasteiger partial charge >= 0.3 is 33.6 Å². The molecule has 578 valence electrons. The van der Waals surface area contributed by atoms with E-state index in [9.17, 15) is 43.5 Å². The summed E-state index contributed by atoms with van der Waals surface area (Å²) in [4.78, 5) is 58.5. The van der Waals surface area contributed by atoms with Crippen LogP contribution in [0.2, 0.25) is 0 Å². The van der Waals surface area contributed by atoms with Gasteiger partial charge in [-0.1, -0.05) is 295 Å². The number of ether oxygens (including phenoxy) is 3. The number of allylic oxidation sites excluding steroid dienone is 24. The number of phosphoric ester groups is 2. The quantitative estimate of drug-likeness (QED) is 0.0146. The number of hydrogen-bond donors (Lipinski definition) is 4. The Labute approximate surface area is 613 Å². The smallest absolute Gasteiger partial charge is 0.463 e. The molecular formula is C83H140O16P2. The Morgan fingerprint density at radius 1 is 0.287 bits per heavy atom. The van der Waals surface area contributed by atoms with Gasteiger partial charge in [-0.05, 0) is 135 Å². The number of aliphatic hydroxyl groups excluding tert-OH is 2. The van der Waals surface area contributed by atoms with Crippen molar-refractivity contribution in [3.05, 3.63) is 146 Å². The van der Waals surface area contributed by atoms with Gasteiger partial charge in [0.15, 0.2) is 6.10 Å². The minimum absolute atomic E-state index is 0.0799. The predicted octanol–water partition coefficient (Wildman–Crippen LogP) is 22.9. The highest BCUT2D eigenvalue weighted by Crippen LogP contribution is 2.45. The van der Waals surface area contributed by atoms with Crippen molar-refractivity contribution in [3.63, 3.8) is 0 Å². The Hall–Kier alpha value is -4.57. The van der Waals surface area contributed by atoms with Crippen molar-refractivity contribution >= 4 is 33.6 Å². The lowest BCUT2D eigenvalue weighted by Gasteiger charge is -2.21. The van der Waals surface area contributed by atoms with E-state index >= 15 is 0 Å². The number of carbonyl (C=O) groups excluding carboxylic acids is 3. The maximum atomic E-state index is 12.9. The largest absolute Gasteiger partial charge is 0.472 e. The predicted molar refractivity (Wildman–Crippen MR) is 417 cm³/mol. The molecule has 0 aromatic carbocycles. The molecule has 0 amide bonds. The molecule has 0 aromatic heterocycles. The van der Waals surface area contributed by atoms with Crippen LogP contribution in [-0.2, 0) is 55.8 Å². The standard InChI is InChI=1S/C83H140O16P2/c1-4-7-10-13-16-19-22-25-27-29-30-31-32-33-34-35-36-37-38-39-40-41-42-43-44-45-46-48-50-52-54-57-60-63-66-69-81(86)93-72-78(84)73-95-100(89,90)96-74-79(85)75-97-101(91,92)98-77-80(99-83(88)71-68-65-62-59-56-51-24-21-18-15-12-9-6-3)76-94-82(87)70-67-64-61-58-55-53-49-47-28-26-23-20-17-14-11-8-5-2/h7-8,10-12,15-17,19-21,24-28,30-31,33-34,36-37,49,53,78-80,84-85H,4-6,9,13-14,18,22-23,29,32,35,38-48,50-52,54-77H2,1-3H3,(H,89,90)(H,91,92)/b10-7-,11-8-,15-12-,19-16-,20-17-,24-21-,27-25-,28-26-,31-30-,34-33-,37-36-,53-49-. The van der Waals surface area contributed by atoms with E-state index in [-0.39, 0.29) is 19.3 Å². The summed E-state index contributed by atoms with van der Waals surface area (Å²) < 4.78 is 61.0. The van der Waals surface area contributed by atoms with Crippen LogP contribution in [0.4, 0.5) is 0 Å². The second-order valence-corrected chi connectivity index (χ2v) is 28.7. The van der Waals surface area contributed by atoms with E-state index in [4.69, 9.17) is 32.3 Å². The van der Waals surface area contributed by atoms with Crippen LogP contribution < -0.4 is 0 Å². The molecule has 0 fully saturated rings. The summed E-state index contributed by atoms with van der Waals surface area (Å²) >= 11 is 0. The molecule has 0 aliphatic heterocycles. The van der Waals surface area contributed by atoms with E-state index in [2.05, 4.69) is 167 Å². The zero-order valence-corrected chi connectivity index (χ0v) is 64.8. The van der Waals surface area contributed by atoms with Crippen LogP contribution in [0.25, 0.3) is 0 Å². The van der Waals surface area contributed by atoms with Gasteiger partial charge in [-0.3, -0.25) is 32.5 Å². The third-order valence-electron chi connectivity index (χ3n) is 16.0. The number of aliphatic hydroxyl groups is 2. The summed E-state index contributed by atoms with van der Waals surface area (Å²) in [6.45, 7) is 2.33. The molecule has 0 saturated carbocycles. The van der Waals surface area contributed by atoms with Gasteiger partial charge in [0.05, 0.1) is 26.4 Å². The van der Waals surface area contributed by atoms with Crippen molar-refractivity contribution in [2.75, 3.05) is 39.6 Å². The average molecular weight is 1460 g/mol. The summed E-state index contributed by atoms with van der Waals surface area (Å²) in [6.07, 6.45) is 92.1. The number of rotatable bonds is 73. The fraction of sp³-hybridized carbons (Fsp3) is 0.675. The maximum absolute atomic E-state index is 12.9. The highest BCUT2D eigenvalue weighted by molar-refractivity contribution is 7.47. The molecule has 4 N–H and O–H groups in total. The number of hydrogen-bond acceptors (Lipinski definition) is 14. The highest BCUT2D eigenvalue weighted by Gasteiger charge is 2.29. The van der Waals surface area contributed by atoms with Crippen LogP contribution in [0.5, 0.6) is 0 Å². The molecule has 0 radical (unpaired) electrons. The van der Waals surface area contributed by atoms with Gasteiger partial charge in [-0.2, -0.15) is 0 Å². The summed E-state index contributed by atoms with van der Waals surface area (Å²) in [7, 11) is -9.80. The van der Waals surface area contributed by atoms with Gasteiger partial charge in [0.25, 0.3) is 0 Å². The van der Waals surface area contributed by atoms with Crippen molar-refractivity contribution in [2.45, 2.75) is 322 Å². The molecule has 0 saturated heterocycles. The van der Waals surface area contributed by atoms with E-state index in [1.807, 2.05) is 0 Å². The molecule has 0 aromatic rings. The first-order valence-electron chi connectivity index (χ1n) is 39.1. The molecule has 5 unspecified atom stereocenters. The van der Waals surface area contributed by atoms with Gasteiger partial charge in [-0.25, -0.2) is 9.13 Å². The summed E-state index contributed by atoms with van der Waals surface area (Å²) in [5, 5.41) is 20.6. The number of carbonyl (C=O) groups is 3. The average Bonchev–Trinajstić information content (AvgIpc) is 0.940. The summed E-state index contributed by atoms with van der Waals surface area (Å²) in [5.74, 6) is -1.62. The SMILES string of the molecule is CC/C=C\C/C=C\C/C=C\C/C=C\C/C=C\C/C=C\CCCCCCCCCCCCCCCCCCC(=O)OCC(O)COP(=O)(O)OCC(O)COP(=O)(O)OCC(COC(=O)CCCCCC/C=C\C/C=C\C/C=C\C/C=C\CC)OC(=O)CCCCCCC/C=C\C/C=C\CCC. The lowest BCUT2D eigenvalue weighted by Crippen LogP contribution is -2.30. The zero-order chi connectivity index (χ0) is 73.7. The van der Waals surface area contributed by atoms with E-state index < -0.39 is 91.5 Å². The lowest BCUT2D eigenvalue weighted by atomic mass is 10.0. The van der Waals surface area contributed by atoms with Gasteiger partial charge in [0.2, 0.25) is 0 Å². The van der Waals surface area contributed by atoms with Crippen LogP contribution >= 0.6 is 15.6 Å². The first-order valence-corrected chi connectivity index (χ1v) is 42.1. The normalized spacial score (nSPS) is 14.8. The number of esters is 3. The topological polar surface area (TPSA) is 231 Å². The molecule has 101 heavy (non-hydrogen) atoms. The fourth-order valence-corrected chi connectivity index (χ4v) is 11.7. The van der Waals surface area contributed by atoms with E-state index in [1.165, 1.54) is 83.5 Å². The second-order valence-electron chi connectivity index (χ2n) is 25.7. The zero-order valence-electron chi connectivity index (χ0n) is 63.0. The van der Waals surface area contributed by atoms with E-state index in [1.54, 1.807) is 0 Å². The van der Waals surface area contributed by atoms with Crippen molar-refractivity contribution < 1.29 is 75.8 Å². The Bertz CT molecular complexity index is 2420. The summed E-state index contributed by atoms with van der Waals surface area (Å²) in [5.41, 5.74) is 0. The van der Waals surface area contributed by atoms with Gasteiger partial charge in [0, 0.05) is 19.3 Å². The summed E-state index contributed by atoms with van der Waals surface area (Å²) in [6, 6.07) is 0. The van der Waals surface area contributed by atoms with Gasteiger partial charge < -0.3 is 34.2 Å². The molecule has 0 bridgehead atoms. The van der Waals surface area contributed by atoms with Gasteiger partial charge in [0.1, 0.15) is 25.4 Å². The molecule has 16 nitrogen and oxygen atoms in total. The first-order chi connectivity index (χ1) is 49.2. The molecule has 0 spiro atoms. The Balaban J connectivity index is 4.38.